The van der Waals surface area contributed by atoms with Crippen molar-refractivity contribution in [2.45, 2.75) is 31.3 Å². The van der Waals surface area contributed by atoms with E-state index in [0.717, 1.165) is 0 Å². The molecule has 0 aliphatic carbocycles. The average molecular weight is 438 g/mol. The minimum Gasteiger partial charge on any atom is -0.309 e. The summed E-state index contributed by atoms with van der Waals surface area (Å²) in [6.07, 6.45) is 0. The minimum atomic E-state index is -1.28. The van der Waals surface area contributed by atoms with Gasteiger partial charge in [0, 0.05) is 23.4 Å². The molecule has 8 heteroatoms. The van der Waals surface area contributed by atoms with E-state index in [1.54, 1.807) is 24.3 Å². The van der Waals surface area contributed by atoms with Gasteiger partial charge in [0.05, 0.1) is 38.2 Å². The maximum absolute atomic E-state index is 12.7. The van der Waals surface area contributed by atoms with E-state index in [4.69, 9.17) is 23.2 Å². The van der Waals surface area contributed by atoms with Gasteiger partial charge in [0.2, 0.25) is 0 Å². The first kappa shape index (κ1) is 21.0. The van der Waals surface area contributed by atoms with Crippen molar-refractivity contribution < 1.29 is 4.21 Å². The van der Waals surface area contributed by atoms with Gasteiger partial charge in [-0.25, -0.2) is 4.98 Å². The second-order valence-corrected chi connectivity index (χ2v) is 9.10. The van der Waals surface area contributed by atoms with Crippen LogP contribution in [-0.4, -0.2) is 37.4 Å². The van der Waals surface area contributed by atoms with Crippen LogP contribution in [0.5, 0.6) is 0 Å². The second kappa shape index (κ2) is 9.18. The van der Waals surface area contributed by atoms with Crippen LogP contribution >= 0.6 is 23.2 Å². The summed E-state index contributed by atoms with van der Waals surface area (Å²) in [6.45, 7) is 5.12. The first-order valence-corrected chi connectivity index (χ1v) is 11.0. The molecule has 148 valence electrons. The van der Waals surface area contributed by atoms with Gasteiger partial charge in [-0.3, -0.25) is 13.9 Å². The van der Waals surface area contributed by atoms with Crippen LogP contribution in [-0.2, 0) is 17.3 Å². The minimum absolute atomic E-state index is 0.154. The van der Waals surface area contributed by atoms with Crippen LogP contribution in [0.15, 0.2) is 52.2 Å². The van der Waals surface area contributed by atoms with E-state index in [0.29, 0.717) is 50.5 Å². The molecule has 0 aliphatic heterocycles. The standard InChI is InChI=1S/C20H21Cl2N3O2S/c1-13(2)25(9-10-28(27)18-11-14(21)7-8-16(18)22)12-19-23-17-6-4-3-5-15(17)20(26)24-19/h3-8,11,13H,9-10,12H2,1-2H3,(H,23,24,26). The lowest BCUT2D eigenvalue weighted by Gasteiger charge is -2.25. The Balaban J connectivity index is 1.75. The summed E-state index contributed by atoms with van der Waals surface area (Å²) in [7, 11) is -1.28. The molecule has 2 aromatic carbocycles. The number of aromatic amines is 1. The molecule has 0 aliphatic rings. The monoisotopic (exact) mass is 437 g/mol. The molecule has 0 saturated heterocycles. The van der Waals surface area contributed by atoms with E-state index in [1.165, 1.54) is 0 Å². The van der Waals surface area contributed by atoms with Crippen LogP contribution in [0.25, 0.3) is 10.9 Å². The summed E-state index contributed by atoms with van der Waals surface area (Å²) in [5.74, 6) is 0.986. The van der Waals surface area contributed by atoms with Gasteiger partial charge in [-0.1, -0.05) is 35.3 Å². The number of nitrogens with one attached hydrogen (secondary N) is 1. The summed E-state index contributed by atoms with van der Waals surface area (Å²) in [4.78, 5) is 22.3. The van der Waals surface area contributed by atoms with E-state index in [-0.39, 0.29) is 11.6 Å². The predicted octanol–water partition coefficient (Wildman–Crippen LogP) is 4.25. The summed E-state index contributed by atoms with van der Waals surface area (Å²) >= 11 is 12.2. The van der Waals surface area contributed by atoms with Crippen molar-refractivity contribution in [3.63, 3.8) is 0 Å². The molecule has 1 N–H and O–H groups in total. The molecule has 3 aromatic rings. The number of halogens is 2. The second-order valence-electron chi connectivity index (χ2n) is 6.72. The lowest BCUT2D eigenvalue weighted by atomic mass is 10.2. The number of nitrogens with zero attached hydrogens (tertiary/aromatic N) is 2. The first-order valence-electron chi connectivity index (χ1n) is 8.90. The highest BCUT2D eigenvalue weighted by Crippen LogP contribution is 2.24. The van der Waals surface area contributed by atoms with E-state index >= 15 is 0 Å². The van der Waals surface area contributed by atoms with Gasteiger partial charge in [-0.05, 0) is 44.2 Å². The van der Waals surface area contributed by atoms with Crippen molar-refractivity contribution in [3.05, 3.63) is 68.7 Å². The Bertz CT molecular complexity index is 1070. The Kier molecular flexibility index (Phi) is 6.88. The van der Waals surface area contributed by atoms with E-state index in [1.807, 2.05) is 18.2 Å². The SMILES string of the molecule is CC(C)N(CCS(=O)c1cc(Cl)ccc1Cl)Cc1nc2ccccc2c(=O)[nH]1. The molecule has 1 aromatic heterocycles. The predicted molar refractivity (Wildman–Crippen MR) is 116 cm³/mol. The van der Waals surface area contributed by atoms with Gasteiger partial charge in [-0.2, -0.15) is 0 Å². The largest absolute Gasteiger partial charge is 0.309 e. The highest BCUT2D eigenvalue weighted by atomic mass is 35.5. The van der Waals surface area contributed by atoms with E-state index < -0.39 is 10.8 Å². The highest BCUT2D eigenvalue weighted by molar-refractivity contribution is 7.85. The Labute approximate surface area is 176 Å². The number of H-pyrrole nitrogens is 1. The van der Waals surface area contributed by atoms with Crippen molar-refractivity contribution in [1.82, 2.24) is 14.9 Å². The van der Waals surface area contributed by atoms with Crippen LogP contribution in [0.1, 0.15) is 19.7 Å². The molecule has 0 fully saturated rings. The van der Waals surface area contributed by atoms with Gasteiger partial charge < -0.3 is 4.98 Å². The molecule has 1 unspecified atom stereocenters. The number of aromatic nitrogens is 2. The van der Waals surface area contributed by atoms with Crippen LogP contribution in [0.3, 0.4) is 0 Å². The summed E-state index contributed by atoms with van der Waals surface area (Å²) in [6, 6.07) is 12.4. The van der Waals surface area contributed by atoms with Crippen molar-refractivity contribution in [2.75, 3.05) is 12.3 Å². The molecule has 28 heavy (non-hydrogen) atoms. The van der Waals surface area contributed by atoms with Gasteiger partial charge in [0.15, 0.2) is 0 Å². The number of hydrogen-bond donors (Lipinski definition) is 1. The summed E-state index contributed by atoms with van der Waals surface area (Å²) < 4.78 is 12.7. The van der Waals surface area contributed by atoms with Crippen molar-refractivity contribution in [2.24, 2.45) is 0 Å². The molecule has 1 atom stereocenters. The number of para-hydroxylation sites is 1. The summed E-state index contributed by atoms with van der Waals surface area (Å²) in [5, 5.41) is 1.52. The molecule has 5 nitrogen and oxygen atoms in total. The van der Waals surface area contributed by atoms with Gasteiger partial charge in [0.25, 0.3) is 5.56 Å². The third-order valence-electron chi connectivity index (χ3n) is 4.45. The maximum atomic E-state index is 12.7. The molecule has 0 bridgehead atoms. The fourth-order valence-electron chi connectivity index (χ4n) is 2.88. The molecule has 0 amide bonds. The molecule has 0 spiro atoms. The molecule has 0 saturated carbocycles. The molecule has 0 radical (unpaired) electrons. The number of rotatable bonds is 7. The lowest BCUT2D eigenvalue weighted by molar-refractivity contribution is 0.221. The fraction of sp³-hybridized carbons (Fsp3) is 0.300. The van der Waals surface area contributed by atoms with Crippen LogP contribution < -0.4 is 5.56 Å². The normalized spacial score (nSPS) is 12.8. The van der Waals surface area contributed by atoms with E-state index in [9.17, 15) is 9.00 Å². The third-order valence-corrected chi connectivity index (χ3v) is 6.51. The summed E-state index contributed by atoms with van der Waals surface area (Å²) in [5.41, 5.74) is 0.512. The Hall–Kier alpha value is -1.73. The zero-order chi connectivity index (χ0) is 20.3. The molecule has 3 rings (SSSR count). The fourth-order valence-corrected chi connectivity index (χ4v) is 4.66. The van der Waals surface area contributed by atoms with Gasteiger partial charge >= 0.3 is 0 Å². The number of hydrogen-bond acceptors (Lipinski definition) is 4. The number of benzene rings is 2. The third kappa shape index (κ3) is 5.00. The zero-order valence-electron chi connectivity index (χ0n) is 15.6. The number of fused-ring (bicyclic) bond motifs is 1. The van der Waals surface area contributed by atoms with Crippen molar-refractivity contribution in [3.8, 4) is 0 Å². The highest BCUT2D eigenvalue weighted by Gasteiger charge is 2.16. The smallest absolute Gasteiger partial charge is 0.258 e. The molecule has 1 heterocycles. The lowest BCUT2D eigenvalue weighted by Crippen LogP contribution is -2.35. The zero-order valence-corrected chi connectivity index (χ0v) is 17.9. The molecular formula is C20H21Cl2N3O2S. The van der Waals surface area contributed by atoms with Crippen LogP contribution in [0.4, 0.5) is 0 Å². The van der Waals surface area contributed by atoms with E-state index in [2.05, 4.69) is 28.7 Å². The van der Waals surface area contributed by atoms with Crippen molar-refractivity contribution in [1.29, 1.82) is 0 Å². The quantitative estimate of drug-likeness (QED) is 0.599. The van der Waals surface area contributed by atoms with Crippen LogP contribution in [0, 0.1) is 0 Å². The van der Waals surface area contributed by atoms with Crippen molar-refractivity contribution >= 4 is 44.9 Å². The topological polar surface area (TPSA) is 66.1 Å². The maximum Gasteiger partial charge on any atom is 0.258 e. The van der Waals surface area contributed by atoms with Gasteiger partial charge in [0.1, 0.15) is 5.82 Å². The van der Waals surface area contributed by atoms with Crippen LogP contribution in [0.2, 0.25) is 10.0 Å². The molecular weight excluding hydrogens is 417 g/mol. The van der Waals surface area contributed by atoms with Gasteiger partial charge in [-0.15, -0.1) is 0 Å². The Morgan fingerprint density at radius 1 is 1.18 bits per heavy atom. The average Bonchev–Trinajstić information content (AvgIpc) is 2.66. The Morgan fingerprint density at radius 2 is 1.93 bits per heavy atom. The first-order chi connectivity index (χ1) is 13.3. The Morgan fingerprint density at radius 3 is 2.68 bits per heavy atom.